The maximum Gasteiger partial charge on any atom is 0.216 e. The van der Waals surface area contributed by atoms with Crippen molar-refractivity contribution in [2.75, 3.05) is 6.54 Å². The molecule has 12 heavy (non-hydrogen) atoms. The van der Waals surface area contributed by atoms with Crippen LogP contribution >= 0.6 is 0 Å². The first-order chi connectivity index (χ1) is 5.17. The Morgan fingerprint density at radius 2 is 1.92 bits per heavy atom. The second-order valence-corrected chi connectivity index (χ2v) is 5.98. The Labute approximate surface area is 72.9 Å². The summed E-state index contributed by atoms with van der Waals surface area (Å²) in [5.74, 6) is -0.192. The van der Waals surface area contributed by atoms with Gasteiger partial charge in [0.05, 0.1) is 11.3 Å². The van der Waals surface area contributed by atoms with Crippen molar-refractivity contribution in [1.29, 1.82) is 5.41 Å². The fourth-order valence-corrected chi connectivity index (χ4v) is 1.17. The Balaban J connectivity index is 4.37. The van der Waals surface area contributed by atoms with E-state index in [1.165, 1.54) is 0 Å². The molecule has 0 bridgehead atoms. The molecule has 0 aromatic heterocycles. The van der Waals surface area contributed by atoms with Crippen molar-refractivity contribution in [3.8, 4) is 0 Å². The molecule has 0 rings (SSSR count). The molecule has 0 saturated heterocycles. The van der Waals surface area contributed by atoms with Gasteiger partial charge in [0, 0.05) is 0 Å². The van der Waals surface area contributed by atoms with Crippen LogP contribution in [0.5, 0.6) is 0 Å². The average molecular weight is 193 g/mol. The highest BCUT2D eigenvalue weighted by atomic mass is 32.2. The zero-order chi connectivity index (χ0) is 9.99. The van der Waals surface area contributed by atoms with E-state index in [1.54, 1.807) is 20.8 Å². The van der Waals surface area contributed by atoms with Crippen LogP contribution in [0.1, 0.15) is 20.8 Å². The van der Waals surface area contributed by atoms with Crippen molar-refractivity contribution in [2.24, 2.45) is 5.73 Å². The summed E-state index contributed by atoms with van der Waals surface area (Å²) in [6.45, 7) is 4.61. The van der Waals surface area contributed by atoms with Crippen LogP contribution in [0, 0.1) is 5.41 Å². The summed E-state index contributed by atoms with van der Waals surface area (Å²) in [5.41, 5.74) is 5.00. The molecular weight excluding hydrogens is 178 g/mol. The molecule has 0 atom stereocenters. The molecule has 4 N–H and O–H groups in total. The number of rotatable bonds is 3. The van der Waals surface area contributed by atoms with E-state index in [0.717, 1.165) is 0 Å². The lowest BCUT2D eigenvalue weighted by Crippen LogP contribution is -2.42. The second kappa shape index (κ2) is 3.40. The van der Waals surface area contributed by atoms with Gasteiger partial charge in [0.25, 0.3) is 0 Å². The SMILES string of the molecule is CC(C)(C)S(=O)(=O)NCC(=N)N. The number of hydrogen-bond donors (Lipinski definition) is 3. The fraction of sp³-hybridized carbons (Fsp3) is 0.833. The van der Waals surface area contributed by atoms with Crippen molar-refractivity contribution >= 4 is 15.9 Å². The van der Waals surface area contributed by atoms with Gasteiger partial charge in [0.2, 0.25) is 10.0 Å². The van der Waals surface area contributed by atoms with E-state index >= 15 is 0 Å². The van der Waals surface area contributed by atoms with Gasteiger partial charge in [-0.3, -0.25) is 5.41 Å². The number of sulfonamides is 1. The molecule has 0 saturated carbocycles. The number of nitrogens with two attached hydrogens (primary N) is 1. The van der Waals surface area contributed by atoms with Crippen molar-refractivity contribution < 1.29 is 8.42 Å². The second-order valence-electron chi connectivity index (χ2n) is 3.46. The Hall–Kier alpha value is -0.620. The summed E-state index contributed by atoms with van der Waals surface area (Å²) in [5, 5.41) is 6.83. The van der Waals surface area contributed by atoms with Crippen molar-refractivity contribution in [3.63, 3.8) is 0 Å². The summed E-state index contributed by atoms with van der Waals surface area (Å²) >= 11 is 0. The van der Waals surface area contributed by atoms with E-state index in [4.69, 9.17) is 11.1 Å². The molecular formula is C6H15N3O2S. The molecule has 0 aliphatic rings. The first kappa shape index (κ1) is 11.4. The van der Waals surface area contributed by atoms with E-state index in [1.807, 2.05) is 0 Å². The predicted octanol–water partition coefficient (Wildman–Crippen LogP) is -0.360. The Morgan fingerprint density at radius 3 is 2.17 bits per heavy atom. The van der Waals surface area contributed by atoms with Crippen LogP contribution in [0.4, 0.5) is 0 Å². The minimum atomic E-state index is -3.36. The monoisotopic (exact) mass is 193 g/mol. The Kier molecular flexibility index (Phi) is 3.23. The standard InChI is InChI=1S/C6H15N3O2S/c1-6(2,3)12(10,11)9-4-5(7)8/h9H,4H2,1-3H3,(H3,7,8). The molecule has 0 unspecified atom stereocenters. The van der Waals surface area contributed by atoms with Crippen LogP contribution in [0.25, 0.3) is 0 Å². The van der Waals surface area contributed by atoms with Gasteiger partial charge in [-0.15, -0.1) is 0 Å². The summed E-state index contributed by atoms with van der Waals surface area (Å²) in [6.07, 6.45) is 0. The third kappa shape index (κ3) is 3.19. The van der Waals surface area contributed by atoms with E-state index in [2.05, 4.69) is 4.72 Å². The Bertz CT molecular complexity index is 263. The zero-order valence-corrected chi connectivity index (χ0v) is 8.33. The van der Waals surface area contributed by atoms with Gasteiger partial charge in [-0.05, 0) is 20.8 Å². The topological polar surface area (TPSA) is 96.0 Å². The molecule has 0 aliphatic carbocycles. The van der Waals surface area contributed by atoms with Crippen LogP contribution in [0.3, 0.4) is 0 Å². The molecule has 0 aromatic carbocycles. The van der Waals surface area contributed by atoms with Crippen LogP contribution in [0.2, 0.25) is 0 Å². The zero-order valence-electron chi connectivity index (χ0n) is 7.51. The van der Waals surface area contributed by atoms with Gasteiger partial charge in [0.1, 0.15) is 5.84 Å². The number of hydrogen-bond acceptors (Lipinski definition) is 3. The van der Waals surface area contributed by atoms with Crippen LogP contribution in [0.15, 0.2) is 0 Å². The Morgan fingerprint density at radius 1 is 1.50 bits per heavy atom. The van der Waals surface area contributed by atoms with E-state index in [9.17, 15) is 8.42 Å². The van der Waals surface area contributed by atoms with Crippen LogP contribution < -0.4 is 10.5 Å². The average Bonchev–Trinajstić information content (AvgIpc) is 1.81. The molecule has 0 amide bonds. The summed E-state index contributed by atoms with van der Waals surface area (Å²) in [6, 6.07) is 0. The third-order valence-electron chi connectivity index (χ3n) is 1.26. The highest BCUT2D eigenvalue weighted by Gasteiger charge is 2.28. The minimum absolute atomic E-state index is 0.125. The number of amidine groups is 1. The molecule has 0 fully saturated rings. The van der Waals surface area contributed by atoms with E-state index < -0.39 is 14.8 Å². The molecule has 72 valence electrons. The first-order valence-corrected chi connectivity index (χ1v) is 4.97. The molecule has 0 aliphatic heterocycles. The summed E-state index contributed by atoms with van der Waals surface area (Å²) < 4.78 is 23.9. The smallest absolute Gasteiger partial charge is 0.216 e. The lowest BCUT2D eigenvalue weighted by Gasteiger charge is -2.19. The normalized spacial score (nSPS) is 12.9. The summed E-state index contributed by atoms with van der Waals surface area (Å²) in [4.78, 5) is 0. The van der Waals surface area contributed by atoms with E-state index in [-0.39, 0.29) is 12.4 Å². The minimum Gasteiger partial charge on any atom is -0.387 e. The van der Waals surface area contributed by atoms with Crippen LogP contribution in [-0.4, -0.2) is 25.5 Å². The lowest BCUT2D eigenvalue weighted by atomic mass is 10.3. The fourth-order valence-electron chi connectivity index (χ4n) is 0.389. The number of nitrogens with one attached hydrogen (secondary N) is 2. The van der Waals surface area contributed by atoms with Gasteiger partial charge < -0.3 is 5.73 Å². The van der Waals surface area contributed by atoms with Gasteiger partial charge in [-0.25, -0.2) is 13.1 Å². The van der Waals surface area contributed by atoms with Crippen molar-refractivity contribution in [3.05, 3.63) is 0 Å². The van der Waals surface area contributed by atoms with Crippen LogP contribution in [-0.2, 0) is 10.0 Å². The highest BCUT2D eigenvalue weighted by Crippen LogP contribution is 2.12. The molecule has 0 radical (unpaired) electrons. The quantitative estimate of drug-likeness (QED) is 0.422. The summed E-state index contributed by atoms with van der Waals surface area (Å²) in [7, 11) is -3.36. The maximum atomic E-state index is 11.3. The molecule has 0 spiro atoms. The van der Waals surface area contributed by atoms with Gasteiger partial charge >= 0.3 is 0 Å². The van der Waals surface area contributed by atoms with E-state index in [0.29, 0.717) is 0 Å². The van der Waals surface area contributed by atoms with Crippen molar-refractivity contribution in [1.82, 2.24) is 4.72 Å². The van der Waals surface area contributed by atoms with Gasteiger partial charge in [0.15, 0.2) is 0 Å². The maximum absolute atomic E-state index is 11.3. The third-order valence-corrected chi connectivity index (χ3v) is 3.40. The van der Waals surface area contributed by atoms with Gasteiger partial charge in [-0.2, -0.15) is 0 Å². The molecule has 0 heterocycles. The largest absolute Gasteiger partial charge is 0.387 e. The molecule has 6 heteroatoms. The van der Waals surface area contributed by atoms with Crippen molar-refractivity contribution in [2.45, 2.75) is 25.5 Å². The lowest BCUT2D eigenvalue weighted by molar-refractivity contribution is 0.549. The molecule has 0 aromatic rings. The predicted molar refractivity (Wildman–Crippen MR) is 48.6 cm³/mol. The van der Waals surface area contributed by atoms with Gasteiger partial charge in [-0.1, -0.05) is 0 Å². The first-order valence-electron chi connectivity index (χ1n) is 3.49. The highest BCUT2D eigenvalue weighted by molar-refractivity contribution is 7.90. The molecule has 5 nitrogen and oxygen atoms in total.